The van der Waals surface area contributed by atoms with Gasteiger partial charge in [-0.2, -0.15) is 5.10 Å². The average molecular weight is 411 g/mol. The van der Waals surface area contributed by atoms with Crippen LogP contribution < -0.4 is 9.64 Å². The van der Waals surface area contributed by atoms with Crippen molar-refractivity contribution in [3.8, 4) is 16.9 Å². The number of allylic oxidation sites excluding steroid dienone is 1. The first-order valence-corrected chi connectivity index (χ1v) is 11.0. The van der Waals surface area contributed by atoms with E-state index in [4.69, 9.17) is 4.74 Å². The molecule has 2 aliphatic rings. The van der Waals surface area contributed by atoms with Gasteiger partial charge in [-0.25, -0.2) is 0 Å². The summed E-state index contributed by atoms with van der Waals surface area (Å²) in [6, 6.07) is 26.2. The topological polar surface area (TPSA) is 29.3 Å². The molecule has 4 heteroatoms. The number of ether oxygens (including phenoxy) is 1. The minimum absolute atomic E-state index is 0.434. The lowest BCUT2D eigenvalue weighted by Gasteiger charge is -2.34. The fraction of sp³-hybridized carbons (Fsp3) is 0.222. The minimum Gasteiger partial charge on any atom is -0.496 e. The molecule has 4 nitrogen and oxygen atoms in total. The van der Waals surface area contributed by atoms with Crippen LogP contribution >= 0.6 is 0 Å². The number of nitrogens with one attached hydrogen (secondary N) is 1. The van der Waals surface area contributed by atoms with E-state index in [1.54, 1.807) is 12.0 Å². The summed E-state index contributed by atoms with van der Waals surface area (Å²) in [5.41, 5.74) is 6.80. The Morgan fingerprint density at radius 2 is 1.48 bits per heavy atom. The molecule has 1 saturated heterocycles. The second-order valence-electron chi connectivity index (χ2n) is 8.09. The molecule has 1 heterocycles. The largest absolute Gasteiger partial charge is 0.496 e. The number of methoxy groups -OCH3 is 1. The summed E-state index contributed by atoms with van der Waals surface area (Å²) in [5.74, 6) is 0.876. The molecule has 0 atom stereocenters. The molecule has 0 saturated carbocycles. The Bertz CT molecular complexity index is 1070. The normalized spacial score (nSPS) is 16.7. The Morgan fingerprint density at radius 3 is 2.16 bits per heavy atom. The summed E-state index contributed by atoms with van der Waals surface area (Å²) in [6.45, 7) is 4.10. The summed E-state index contributed by atoms with van der Waals surface area (Å²) in [6.07, 6.45) is 5.91. The lowest BCUT2D eigenvalue weighted by atomic mass is 10.0. The van der Waals surface area contributed by atoms with Crippen molar-refractivity contribution in [2.24, 2.45) is 5.10 Å². The third-order valence-electron chi connectivity index (χ3n) is 6.35. The Labute approximate surface area is 184 Å². The third-order valence-corrected chi connectivity index (χ3v) is 6.35. The number of fused-ring (bicyclic) bond motifs is 3. The Hall–Kier alpha value is -3.37. The summed E-state index contributed by atoms with van der Waals surface area (Å²) in [4.78, 5) is 1.63. The van der Waals surface area contributed by atoms with Crippen molar-refractivity contribution in [3.05, 3.63) is 95.6 Å². The molecule has 31 heavy (non-hydrogen) atoms. The molecule has 3 aromatic rings. The summed E-state index contributed by atoms with van der Waals surface area (Å²) < 4.78 is 5.39. The molecular weight excluding hydrogens is 382 g/mol. The maximum absolute atomic E-state index is 5.39. The van der Waals surface area contributed by atoms with Crippen molar-refractivity contribution in [2.75, 3.05) is 33.3 Å². The zero-order chi connectivity index (χ0) is 21.0. The predicted molar refractivity (Wildman–Crippen MR) is 127 cm³/mol. The smallest absolute Gasteiger partial charge is 0.140 e. The second kappa shape index (κ2) is 8.78. The molecule has 1 fully saturated rings. The number of hydrazone groups is 1. The molecule has 0 unspecified atom stereocenters. The van der Waals surface area contributed by atoms with Crippen molar-refractivity contribution in [1.29, 1.82) is 0 Å². The summed E-state index contributed by atoms with van der Waals surface area (Å²) >= 11 is 0. The molecular formula is C27H28N3O+. The average Bonchev–Trinajstić information content (AvgIpc) is 3.17. The maximum atomic E-state index is 5.39. The quantitative estimate of drug-likeness (QED) is 0.651. The molecule has 0 amide bonds. The molecule has 1 aliphatic heterocycles. The van der Waals surface area contributed by atoms with Gasteiger partial charge in [-0.1, -0.05) is 66.7 Å². The van der Waals surface area contributed by atoms with Crippen molar-refractivity contribution in [2.45, 2.75) is 6.04 Å². The fourth-order valence-electron chi connectivity index (χ4n) is 4.87. The number of nitrogens with zero attached hydrogens (tertiary/aromatic N) is 2. The van der Waals surface area contributed by atoms with Gasteiger partial charge in [-0.3, -0.25) is 5.01 Å². The number of rotatable bonds is 5. The van der Waals surface area contributed by atoms with Gasteiger partial charge in [0.15, 0.2) is 0 Å². The van der Waals surface area contributed by atoms with E-state index < -0.39 is 0 Å². The Balaban J connectivity index is 1.24. The van der Waals surface area contributed by atoms with E-state index in [1.165, 1.54) is 22.3 Å². The Kier molecular flexibility index (Phi) is 5.55. The van der Waals surface area contributed by atoms with Crippen LogP contribution in [0.3, 0.4) is 0 Å². The van der Waals surface area contributed by atoms with Crippen LogP contribution in [0, 0.1) is 0 Å². The van der Waals surface area contributed by atoms with Crippen LogP contribution in [0.4, 0.5) is 0 Å². The molecule has 0 aromatic heterocycles. The zero-order valence-corrected chi connectivity index (χ0v) is 17.9. The van der Waals surface area contributed by atoms with Crippen LogP contribution in [-0.4, -0.2) is 44.5 Å². The lowest BCUT2D eigenvalue weighted by Crippen LogP contribution is -3.14. The number of hydrogen-bond acceptors (Lipinski definition) is 3. The highest BCUT2D eigenvalue weighted by Gasteiger charge is 2.37. The fourth-order valence-corrected chi connectivity index (χ4v) is 4.87. The van der Waals surface area contributed by atoms with Gasteiger partial charge in [-0.15, -0.1) is 0 Å². The van der Waals surface area contributed by atoms with Crippen LogP contribution in [0.25, 0.3) is 17.2 Å². The van der Waals surface area contributed by atoms with Gasteiger partial charge in [0.2, 0.25) is 0 Å². The van der Waals surface area contributed by atoms with E-state index in [0.717, 1.165) is 37.5 Å². The zero-order valence-electron chi connectivity index (χ0n) is 17.9. The monoisotopic (exact) mass is 410 g/mol. The highest BCUT2D eigenvalue weighted by molar-refractivity contribution is 5.79. The highest BCUT2D eigenvalue weighted by Crippen LogP contribution is 2.41. The first-order valence-electron chi connectivity index (χ1n) is 11.0. The van der Waals surface area contributed by atoms with Crippen LogP contribution in [-0.2, 0) is 0 Å². The van der Waals surface area contributed by atoms with Gasteiger partial charge < -0.3 is 9.64 Å². The molecule has 0 spiro atoms. The molecule has 156 valence electrons. The Morgan fingerprint density at radius 1 is 0.871 bits per heavy atom. The van der Waals surface area contributed by atoms with E-state index in [1.807, 2.05) is 42.6 Å². The summed E-state index contributed by atoms with van der Waals surface area (Å²) in [7, 11) is 1.70. The molecule has 0 radical (unpaired) electrons. The van der Waals surface area contributed by atoms with Crippen molar-refractivity contribution in [3.63, 3.8) is 0 Å². The van der Waals surface area contributed by atoms with Gasteiger partial charge in [0.1, 0.15) is 11.8 Å². The van der Waals surface area contributed by atoms with Gasteiger partial charge in [0.25, 0.3) is 0 Å². The highest BCUT2D eigenvalue weighted by atomic mass is 16.5. The van der Waals surface area contributed by atoms with Crippen LogP contribution in [0.2, 0.25) is 0 Å². The number of quaternary nitrogens is 1. The number of piperazine rings is 1. The van der Waals surface area contributed by atoms with Crippen LogP contribution in [0.15, 0.2) is 84.0 Å². The van der Waals surface area contributed by atoms with Gasteiger partial charge in [0.05, 0.1) is 33.3 Å². The van der Waals surface area contributed by atoms with Crippen molar-refractivity contribution in [1.82, 2.24) is 5.01 Å². The van der Waals surface area contributed by atoms with E-state index in [0.29, 0.717) is 6.04 Å². The SMILES string of the molecule is COc1ccccc1/C=C\C=N\N1CC[NH+](C2c3ccccc3-c3ccccc32)CC1. The molecule has 5 rings (SSSR count). The van der Waals surface area contributed by atoms with Crippen molar-refractivity contribution < 1.29 is 9.64 Å². The molecule has 1 N–H and O–H groups in total. The van der Waals surface area contributed by atoms with E-state index >= 15 is 0 Å². The first-order chi connectivity index (χ1) is 15.3. The number of hydrogen-bond donors (Lipinski definition) is 1. The van der Waals surface area contributed by atoms with E-state index in [9.17, 15) is 0 Å². The van der Waals surface area contributed by atoms with Gasteiger partial charge in [-0.05, 0) is 29.3 Å². The lowest BCUT2D eigenvalue weighted by molar-refractivity contribution is -0.929. The van der Waals surface area contributed by atoms with Gasteiger partial charge >= 0.3 is 0 Å². The molecule has 3 aromatic carbocycles. The summed E-state index contributed by atoms with van der Waals surface area (Å²) in [5, 5.41) is 6.85. The number of para-hydroxylation sites is 1. The number of benzene rings is 3. The maximum Gasteiger partial charge on any atom is 0.140 e. The van der Waals surface area contributed by atoms with E-state index in [-0.39, 0.29) is 0 Å². The molecule has 1 aliphatic carbocycles. The predicted octanol–water partition coefficient (Wildman–Crippen LogP) is 3.66. The standard InChI is InChI=1S/C27H27N3O/c1-31-26-15-7-2-9-21(26)10-8-16-28-30-19-17-29(18-20-30)27-24-13-5-3-11-22(24)23-12-4-6-14-25(23)27/h2-16,27H,17-20H2,1H3/p+1/b10-8-,28-16+. The van der Waals surface area contributed by atoms with Gasteiger partial charge in [0, 0.05) is 22.9 Å². The van der Waals surface area contributed by atoms with E-state index in [2.05, 4.69) is 58.6 Å². The second-order valence-corrected chi connectivity index (χ2v) is 8.09. The van der Waals surface area contributed by atoms with Crippen LogP contribution in [0.1, 0.15) is 22.7 Å². The van der Waals surface area contributed by atoms with Crippen LogP contribution in [0.5, 0.6) is 5.75 Å². The minimum atomic E-state index is 0.434. The third kappa shape index (κ3) is 3.87. The van der Waals surface area contributed by atoms with Crippen molar-refractivity contribution >= 4 is 12.3 Å². The first kappa shape index (κ1) is 19.6. The molecule has 0 bridgehead atoms.